The highest BCUT2D eigenvalue weighted by molar-refractivity contribution is 5.59. The molecule has 0 bridgehead atoms. The minimum atomic E-state index is -1.55. The number of fused-ring (bicyclic) bond motifs is 1. The van der Waals surface area contributed by atoms with Crippen molar-refractivity contribution in [3.8, 4) is 24.0 Å². The Hall–Kier alpha value is -3.23. The summed E-state index contributed by atoms with van der Waals surface area (Å²) in [7, 11) is 0. The highest BCUT2D eigenvalue weighted by Crippen LogP contribution is 2.55. The van der Waals surface area contributed by atoms with Gasteiger partial charge in [0.05, 0.1) is 30.0 Å². The van der Waals surface area contributed by atoms with Crippen LogP contribution in [0, 0.1) is 45.3 Å². The van der Waals surface area contributed by atoms with Crippen LogP contribution in [0.15, 0.2) is 47.2 Å². The molecular formula is C23H24N4O. The number of nitrogens with zero attached hydrogens (tertiary/aromatic N) is 3. The van der Waals surface area contributed by atoms with E-state index in [1.54, 1.807) is 0 Å². The number of benzene rings is 1. The lowest BCUT2D eigenvalue weighted by molar-refractivity contribution is 0.306. The van der Waals surface area contributed by atoms with Gasteiger partial charge in [0.25, 0.3) is 0 Å². The molecule has 2 atom stereocenters. The van der Waals surface area contributed by atoms with Gasteiger partial charge in [-0.2, -0.15) is 15.8 Å². The van der Waals surface area contributed by atoms with Crippen LogP contribution in [0.3, 0.4) is 0 Å². The third kappa shape index (κ3) is 3.12. The third-order valence-electron chi connectivity index (χ3n) is 5.81. The Morgan fingerprint density at radius 2 is 1.89 bits per heavy atom. The predicted molar refractivity (Wildman–Crippen MR) is 105 cm³/mol. The number of ether oxygens (including phenoxy) is 1. The van der Waals surface area contributed by atoms with E-state index < -0.39 is 11.3 Å². The molecule has 2 N–H and O–H groups in total. The van der Waals surface area contributed by atoms with E-state index in [4.69, 9.17) is 10.5 Å². The van der Waals surface area contributed by atoms with Gasteiger partial charge in [0.15, 0.2) is 5.41 Å². The molecule has 1 aromatic rings. The van der Waals surface area contributed by atoms with Crippen molar-refractivity contribution in [1.29, 1.82) is 15.8 Å². The Bertz CT molecular complexity index is 907. The third-order valence-corrected chi connectivity index (χ3v) is 5.81. The Morgan fingerprint density at radius 3 is 2.50 bits per heavy atom. The van der Waals surface area contributed by atoms with Crippen molar-refractivity contribution in [2.45, 2.75) is 44.9 Å². The Kier molecular flexibility index (Phi) is 5.72. The molecule has 1 aromatic carbocycles. The lowest BCUT2D eigenvalue weighted by atomic mass is 9.57. The Labute approximate surface area is 166 Å². The van der Waals surface area contributed by atoms with Crippen molar-refractivity contribution in [2.24, 2.45) is 17.1 Å². The first kappa shape index (κ1) is 19.5. The van der Waals surface area contributed by atoms with Gasteiger partial charge < -0.3 is 10.5 Å². The first-order valence-electron chi connectivity index (χ1n) is 9.79. The van der Waals surface area contributed by atoms with Crippen LogP contribution in [0.1, 0.15) is 50.5 Å². The van der Waals surface area contributed by atoms with Crippen LogP contribution >= 0.6 is 0 Å². The highest BCUT2D eigenvalue weighted by Gasteiger charge is 2.53. The maximum atomic E-state index is 10.0. The molecule has 0 saturated heterocycles. The molecule has 0 saturated carbocycles. The first-order valence-corrected chi connectivity index (χ1v) is 9.79. The van der Waals surface area contributed by atoms with Crippen LogP contribution in [0.2, 0.25) is 0 Å². The summed E-state index contributed by atoms with van der Waals surface area (Å²) in [5.74, 6) is 0.297. The first-order chi connectivity index (χ1) is 13.6. The highest BCUT2D eigenvalue weighted by atomic mass is 16.5. The number of hydrogen-bond donors (Lipinski definition) is 1. The minimum absolute atomic E-state index is 0.0677. The zero-order valence-electron chi connectivity index (χ0n) is 16.1. The summed E-state index contributed by atoms with van der Waals surface area (Å²) >= 11 is 0. The topological polar surface area (TPSA) is 107 Å². The molecule has 142 valence electrons. The normalized spacial score (nSPS) is 22.9. The monoisotopic (exact) mass is 372 g/mol. The fourth-order valence-electron chi connectivity index (χ4n) is 4.36. The largest absolute Gasteiger partial charge is 0.494 e. The number of hydrogen-bond acceptors (Lipinski definition) is 5. The minimum Gasteiger partial charge on any atom is -0.494 e. The van der Waals surface area contributed by atoms with Gasteiger partial charge in [-0.25, -0.2) is 0 Å². The summed E-state index contributed by atoms with van der Waals surface area (Å²) in [5, 5.41) is 29.7. The standard InChI is InChI=1S/C23H24N4O/c1-2-3-12-28-17-10-8-16(9-11-17)21-19-7-5-4-6-18(19)20(13-24)22(27)23(21,14-25)15-26/h6,8-11,19,21H,2-5,7,12,27H2,1H3/t19-,21-/m1/s1. The SMILES string of the molecule is CCCCOc1ccc([C@@H]2[C@@H]3CCCC=C3C(C#N)=C(N)C2(C#N)C#N)cc1. The molecule has 2 aliphatic rings. The van der Waals surface area contributed by atoms with Gasteiger partial charge in [0, 0.05) is 5.92 Å². The summed E-state index contributed by atoms with van der Waals surface area (Å²) in [4.78, 5) is 0. The van der Waals surface area contributed by atoms with Gasteiger partial charge in [0.2, 0.25) is 0 Å². The fraction of sp³-hybridized carbons (Fsp3) is 0.435. The lowest BCUT2D eigenvalue weighted by Crippen LogP contribution is -2.42. The van der Waals surface area contributed by atoms with Gasteiger partial charge in [-0.15, -0.1) is 0 Å². The summed E-state index contributed by atoms with van der Waals surface area (Å²) in [6.07, 6.45) is 6.78. The molecule has 0 amide bonds. The quantitative estimate of drug-likeness (QED) is 0.768. The molecule has 3 rings (SSSR count). The van der Waals surface area contributed by atoms with Crippen molar-refractivity contribution in [1.82, 2.24) is 0 Å². The van der Waals surface area contributed by atoms with Gasteiger partial charge in [0.1, 0.15) is 11.8 Å². The average molecular weight is 372 g/mol. The summed E-state index contributed by atoms with van der Waals surface area (Å²) in [5.41, 5.74) is 6.89. The molecule has 0 aromatic heterocycles. The average Bonchev–Trinajstić information content (AvgIpc) is 2.74. The molecule has 0 heterocycles. The smallest absolute Gasteiger partial charge is 0.191 e. The molecule has 5 nitrogen and oxygen atoms in total. The van der Waals surface area contributed by atoms with Crippen LogP contribution in [0.25, 0.3) is 0 Å². The fourth-order valence-corrected chi connectivity index (χ4v) is 4.36. The zero-order valence-corrected chi connectivity index (χ0v) is 16.1. The van der Waals surface area contributed by atoms with Crippen molar-refractivity contribution in [2.75, 3.05) is 6.61 Å². The maximum Gasteiger partial charge on any atom is 0.191 e. The summed E-state index contributed by atoms with van der Waals surface area (Å²) in [6, 6.07) is 14.1. The second-order valence-corrected chi connectivity index (χ2v) is 7.38. The van der Waals surface area contributed by atoms with Crippen molar-refractivity contribution in [3.63, 3.8) is 0 Å². The van der Waals surface area contributed by atoms with Gasteiger partial charge in [-0.3, -0.25) is 0 Å². The molecule has 5 heteroatoms. The van der Waals surface area contributed by atoms with E-state index in [0.29, 0.717) is 12.2 Å². The van der Waals surface area contributed by atoms with E-state index in [-0.39, 0.29) is 11.6 Å². The predicted octanol–water partition coefficient (Wildman–Crippen LogP) is 4.46. The van der Waals surface area contributed by atoms with Crippen molar-refractivity contribution < 1.29 is 4.74 Å². The molecule has 2 aliphatic carbocycles. The molecule has 0 radical (unpaired) electrons. The van der Waals surface area contributed by atoms with Crippen LogP contribution in [-0.4, -0.2) is 6.61 Å². The second-order valence-electron chi connectivity index (χ2n) is 7.38. The van der Waals surface area contributed by atoms with Gasteiger partial charge in [-0.05, 0) is 54.9 Å². The van der Waals surface area contributed by atoms with E-state index in [2.05, 4.69) is 25.1 Å². The Morgan fingerprint density at radius 1 is 1.18 bits per heavy atom. The van der Waals surface area contributed by atoms with Crippen LogP contribution in [-0.2, 0) is 0 Å². The molecule has 0 fully saturated rings. The number of nitrogens with two attached hydrogens (primary N) is 1. The van der Waals surface area contributed by atoms with Gasteiger partial charge in [-0.1, -0.05) is 31.6 Å². The number of unbranched alkanes of at least 4 members (excludes halogenated alkanes) is 1. The maximum absolute atomic E-state index is 10.0. The van der Waals surface area contributed by atoms with Crippen LogP contribution in [0.4, 0.5) is 0 Å². The van der Waals surface area contributed by atoms with Crippen LogP contribution < -0.4 is 10.5 Å². The molecule has 28 heavy (non-hydrogen) atoms. The van der Waals surface area contributed by atoms with E-state index in [9.17, 15) is 15.8 Å². The summed E-state index contributed by atoms with van der Waals surface area (Å²) < 4.78 is 5.74. The number of rotatable bonds is 5. The van der Waals surface area contributed by atoms with Gasteiger partial charge >= 0.3 is 0 Å². The van der Waals surface area contributed by atoms with E-state index in [1.165, 1.54) is 0 Å². The van der Waals surface area contributed by atoms with Crippen LogP contribution in [0.5, 0.6) is 5.75 Å². The molecule has 0 unspecified atom stereocenters. The van der Waals surface area contributed by atoms with Crippen molar-refractivity contribution >= 4 is 0 Å². The number of nitriles is 3. The molecular weight excluding hydrogens is 348 g/mol. The second kappa shape index (κ2) is 8.20. The Balaban J connectivity index is 2.08. The van der Waals surface area contributed by atoms with E-state index >= 15 is 0 Å². The molecule has 0 aliphatic heterocycles. The zero-order chi connectivity index (χ0) is 20.1. The van der Waals surface area contributed by atoms with E-state index in [1.807, 2.05) is 30.3 Å². The summed E-state index contributed by atoms with van der Waals surface area (Å²) in [6.45, 7) is 2.78. The molecule has 0 spiro atoms. The lowest BCUT2D eigenvalue weighted by Gasteiger charge is -2.43. The van der Waals surface area contributed by atoms with Crippen molar-refractivity contribution in [3.05, 3.63) is 52.7 Å². The number of allylic oxidation sites excluding steroid dienone is 4. The van der Waals surface area contributed by atoms with E-state index in [0.717, 1.165) is 49.0 Å².